The number of carbonyl (C=O) groups excluding carboxylic acids is 4. The number of carbonyl (C=O) groups is 4. The molecule has 9 nitrogen and oxygen atoms in total. The van der Waals surface area contributed by atoms with E-state index in [0.717, 1.165) is 24.5 Å². The molecule has 1 spiro atoms. The van der Waals surface area contributed by atoms with Crippen LogP contribution in [0.2, 0.25) is 0 Å². The Morgan fingerprint density at radius 1 is 1.19 bits per heavy atom. The Kier molecular flexibility index (Phi) is 9.66. The number of amides is 3. The van der Waals surface area contributed by atoms with Crippen LogP contribution >= 0.6 is 23.5 Å². The van der Waals surface area contributed by atoms with Crippen LogP contribution in [0.25, 0.3) is 0 Å². The van der Waals surface area contributed by atoms with Crippen molar-refractivity contribution in [1.29, 1.82) is 0 Å². The molecule has 4 N–H and O–H groups in total. The number of nitrogens with one attached hydrogen (secondary N) is 3. The van der Waals surface area contributed by atoms with Crippen molar-refractivity contribution in [3.05, 3.63) is 0 Å². The van der Waals surface area contributed by atoms with Gasteiger partial charge in [-0.15, -0.1) is 23.5 Å². The predicted octanol–water partition coefficient (Wildman–Crippen LogP) is -0.277. The highest BCUT2D eigenvalue weighted by molar-refractivity contribution is 8.21. The number of likely N-dealkylation sites (tertiary alicyclic amines) is 1. The van der Waals surface area contributed by atoms with Gasteiger partial charge in [-0.05, 0) is 33.7 Å². The molecule has 2 saturated heterocycles. The second-order valence-corrected chi connectivity index (χ2v) is 11.4. The summed E-state index contributed by atoms with van der Waals surface area (Å²) < 4.78 is 0.0529. The highest BCUT2D eigenvalue weighted by atomic mass is 32.2. The van der Waals surface area contributed by atoms with Crippen LogP contribution < -0.4 is 16.0 Å². The first-order chi connectivity index (χ1) is 14.6. The van der Waals surface area contributed by atoms with Crippen molar-refractivity contribution in [3.63, 3.8) is 0 Å². The zero-order chi connectivity index (χ0) is 23.2. The highest BCUT2D eigenvalue weighted by Gasteiger charge is 2.48. The third-order valence-corrected chi connectivity index (χ3v) is 9.06. The number of hydrogen-bond donors (Lipinski definition) is 4. The Bertz CT molecular complexity index is 686. The SMILES string of the molecule is CCCC(NC(=O)[C@@H]1CC2(CN1C)SCCS2)C(O)C(=O)NCC(=O)N[C@@H](C)C(C)=O. The molecule has 0 aromatic carbocycles. The van der Waals surface area contributed by atoms with Crippen molar-refractivity contribution in [2.45, 2.75) is 68.3 Å². The summed E-state index contributed by atoms with van der Waals surface area (Å²) in [6.45, 7) is 5.29. The minimum absolute atomic E-state index is 0.0529. The van der Waals surface area contributed by atoms with E-state index in [4.69, 9.17) is 0 Å². The minimum Gasteiger partial charge on any atom is -0.381 e. The molecule has 2 heterocycles. The van der Waals surface area contributed by atoms with Crippen LogP contribution in [0, 0.1) is 0 Å². The molecule has 0 radical (unpaired) electrons. The third kappa shape index (κ3) is 7.10. The Labute approximate surface area is 192 Å². The van der Waals surface area contributed by atoms with Crippen molar-refractivity contribution in [3.8, 4) is 0 Å². The third-order valence-electron chi connectivity index (χ3n) is 5.63. The average Bonchev–Trinajstić information content (AvgIpc) is 3.30. The van der Waals surface area contributed by atoms with Crippen molar-refractivity contribution in [2.75, 3.05) is 31.6 Å². The van der Waals surface area contributed by atoms with Gasteiger partial charge in [-0.25, -0.2) is 0 Å². The normalized spacial score (nSPS) is 23.2. The van der Waals surface area contributed by atoms with Crippen molar-refractivity contribution < 1.29 is 24.3 Å². The summed E-state index contributed by atoms with van der Waals surface area (Å²) in [5.41, 5.74) is 0. The molecule has 0 aliphatic carbocycles. The van der Waals surface area contributed by atoms with Gasteiger partial charge in [-0.2, -0.15) is 0 Å². The number of ketones is 1. The first-order valence-electron chi connectivity index (χ1n) is 10.6. The number of rotatable bonds is 10. The molecular formula is C20H34N4O5S2. The van der Waals surface area contributed by atoms with E-state index in [2.05, 4.69) is 16.0 Å². The topological polar surface area (TPSA) is 128 Å². The van der Waals surface area contributed by atoms with Gasteiger partial charge in [0.05, 0.1) is 28.7 Å². The van der Waals surface area contributed by atoms with E-state index in [1.807, 2.05) is 42.4 Å². The molecule has 2 fully saturated rings. The quantitative estimate of drug-likeness (QED) is 0.341. The maximum absolute atomic E-state index is 12.9. The van der Waals surface area contributed by atoms with Gasteiger partial charge < -0.3 is 21.1 Å². The van der Waals surface area contributed by atoms with Crippen LogP contribution in [0.1, 0.15) is 40.0 Å². The standard InChI is InChI=1S/C20H34N4O5S2/c1-5-6-14(17(27)19(29)21-10-16(26)22-12(2)13(3)25)23-18(28)15-9-20(11-24(15)4)30-7-8-31-20/h12,14-15,17,27H,5-11H2,1-4H3,(H,21,29)(H,22,26)(H,23,28)/t12-,14?,15-,17?/m0/s1. The molecule has 2 aliphatic heterocycles. The summed E-state index contributed by atoms with van der Waals surface area (Å²) >= 11 is 3.80. The van der Waals surface area contributed by atoms with E-state index in [1.165, 1.54) is 6.92 Å². The van der Waals surface area contributed by atoms with Crippen molar-refractivity contribution in [1.82, 2.24) is 20.9 Å². The van der Waals surface area contributed by atoms with Gasteiger partial charge in [0.2, 0.25) is 11.8 Å². The summed E-state index contributed by atoms with van der Waals surface area (Å²) in [4.78, 5) is 50.4. The monoisotopic (exact) mass is 474 g/mol. The molecule has 11 heteroatoms. The fourth-order valence-electron chi connectivity index (χ4n) is 3.75. The van der Waals surface area contributed by atoms with Gasteiger partial charge in [0.25, 0.3) is 5.91 Å². The summed E-state index contributed by atoms with van der Waals surface area (Å²) in [7, 11) is 1.93. The van der Waals surface area contributed by atoms with Crippen LogP contribution in [0.15, 0.2) is 0 Å². The summed E-state index contributed by atoms with van der Waals surface area (Å²) in [5, 5.41) is 18.2. The number of Topliss-reactive ketones (excluding diaryl/α,β-unsaturated/α-hetero) is 1. The first-order valence-corrected chi connectivity index (χ1v) is 12.6. The van der Waals surface area contributed by atoms with E-state index in [9.17, 15) is 24.3 Å². The number of likely N-dealkylation sites (N-methyl/N-ethyl adjacent to an activating group) is 1. The average molecular weight is 475 g/mol. The molecule has 0 aromatic heterocycles. The van der Waals surface area contributed by atoms with Crippen LogP contribution in [-0.4, -0.2) is 93.5 Å². The van der Waals surface area contributed by atoms with Crippen molar-refractivity contribution >= 4 is 47.0 Å². The molecule has 0 aromatic rings. The molecule has 2 aliphatic rings. The van der Waals surface area contributed by atoms with Crippen LogP contribution in [0.3, 0.4) is 0 Å². The lowest BCUT2D eigenvalue weighted by atomic mass is 10.0. The predicted molar refractivity (Wildman–Crippen MR) is 123 cm³/mol. The molecular weight excluding hydrogens is 440 g/mol. The molecule has 4 atom stereocenters. The number of hydrogen-bond acceptors (Lipinski definition) is 8. The zero-order valence-electron chi connectivity index (χ0n) is 18.6. The Morgan fingerprint density at radius 2 is 1.84 bits per heavy atom. The maximum Gasteiger partial charge on any atom is 0.251 e. The Hall–Kier alpha value is -1.30. The van der Waals surface area contributed by atoms with E-state index in [-0.39, 0.29) is 28.4 Å². The fraction of sp³-hybridized carbons (Fsp3) is 0.800. The van der Waals surface area contributed by atoms with Gasteiger partial charge in [-0.3, -0.25) is 24.1 Å². The van der Waals surface area contributed by atoms with Crippen molar-refractivity contribution in [2.24, 2.45) is 0 Å². The first kappa shape index (κ1) is 26.0. The largest absolute Gasteiger partial charge is 0.381 e. The molecule has 0 saturated carbocycles. The molecule has 0 bridgehead atoms. The van der Waals surface area contributed by atoms with Gasteiger partial charge in [0.1, 0.15) is 0 Å². The van der Waals surface area contributed by atoms with Gasteiger partial charge in [-0.1, -0.05) is 13.3 Å². The Morgan fingerprint density at radius 3 is 2.42 bits per heavy atom. The summed E-state index contributed by atoms with van der Waals surface area (Å²) in [6.07, 6.45) is 0.360. The lowest BCUT2D eigenvalue weighted by Crippen LogP contribution is -2.55. The zero-order valence-corrected chi connectivity index (χ0v) is 20.2. The second kappa shape index (κ2) is 11.5. The molecule has 2 rings (SSSR count). The maximum atomic E-state index is 12.9. The van der Waals surface area contributed by atoms with Crippen LogP contribution in [0.5, 0.6) is 0 Å². The van der Waals surface area contributed by atoms with Crippen LogP contribution in [-0.2, 0) is 19.2 Å². The minimum atomic E-state index is -1.47. The lowest BCUT2D eigenvalue weighted by molar-refractivity contribution is -0.135. The summed E-state index contributed by atoms with van der Waals surface area (Å²) in [5.74, 6) is 0.530. The Balaban J connectivity index is 1.90. The van der Waals surface area contributed by atoms with Gasteiger partial charge >= 0.3 is 0 Å². The smallest absolute Gasteiger partial charge is 0.251 e. The van der Waals surface area contributed by atoms with Gasteiger partial charge in [0.15, 0.2) is 11.9 Å². The fourth-order valence-corrected chi connectivity index (χ4v) is 7.14. The van der Waals surface area contributed by atoms with E-state index in [0.29, 0.717) is 12.8 Å². The van der Waals surface area contributed by atoms with E-state index < -0.39 is 30.0 Å². The summed E-state index contributed by atoms with van der Waals surface area (Å²) in [6, 6.07) is -1.69. The number of nitrogens with zero attached hydrogens (tertiary/aromatic N) is 1. The highest BCUT2D eigenvalue weighted by Crippen LogP contribution is 2.51. The van der Waals surface area contributed by atoms with Gasteiger partial charge in [0, 0.05) is 18.1 Å². The van der Waals surface area contributed by atoms with E-state index in [1.54, 1.807) is 6.92 Å². The molecule has 2 unspecified atom stereocenters. The number of thioether (sulfide) groups is 2. The number of aliphatic hydroxyl groups is 1. The van der Waals surface area contributed by atoms with E-state index >= 15 is 0 Å². The molecule has 176 valence electrons. The molecule has 31 heavy (non-hydrogen) atoms. The second-order valence-electron chi connectivity index (χ2n) is 8.21. The van der Waals surface area contributed by atoms with Crippen LogP contribution in [0.4, 0.5) is 0 Å². The number of aliphatic hydroxyl groups excluding tert-OH is 1. The molecule has 3 amide bonds. The lowest BCUT2D eigenvalue weighted by Gasteiger charge is -2.26.